The Kier molecular flexibility index (Phi) is 6.54. The van der Waals surface area contributed by atoms with E-state index in [1.54, 1.807) is 14.2 Å². The summed E-state index contributed by atoms with van der Waals surface area (Å²) in [6.07, 6.45) is 0. The highest BCUT2D eigenvalue weighted by Gasteiger charge is 2.08. The Labute approximate surface area is 110 Å². The molecule has 0 atom stereocenters. The van der Waals surface area contributed by atoms with Gasteiger partial charge in [0.25, 0.3) is 0 Å². The van der Waals surface area contributed by atoms with Crippen LogP contribution in [0, 0.1) is 0 Å². The predicted octanol–water partition coefficient (Wildman–Crippen LogP) is 1.79. The van der Waals surface area contributed by atoms with Crippen molar-refractivity contribution in [3.63, 3.8) is 0 Å². The van der Waals surface area contributed by atoms with E-state index in [0.29, 0.717) is 6.04 Å². The Balaban J connectivity index is 2.50. The van der Waals surface area contributed by atoms with Crippen LogP contribution >= 0.6 is 0 Å². The maximum atomic E-state index is 5.35. The van der Waals surface area contributed by atoms with Crippen molar-refractivity contribution < 1.29 is 9.47 Å². The second kappa shape index (κ2) is 7.95. The summed E-state index contributed by atoms with van der Waals surface area (Å²) in [5.41, 5.74) is 1.06. The van der Waals surface area contributed by atoms with Crippen LogP contribution in [0.3, 0.4) is 0 Å². The van der Waals surface area contributed by atoms with Gasteiger partial charge in [-0.3, -0.25) is 0 Å². The number of benzene rings is 1. The van der Waals surface area contributed by atoms with Crippen LogP contribution in [0.2, 0.25) is 0 Å². The molecule has 0 unspecified atom stereocenters. The summed E-state index contributed by atoms with van der Waals surface area (Å²) in [7, 11) is 3.36. The lowest BCUT2D eigenvalue weighted by Crippen LogP contribution is -2.31. The van der Waals surface area contributed by atoms with Gasteiger partial charge in [0.15, 0.2) is 0 Å². The maximum Gasteiger partial charge on any atom is 0.127 e. The highest BCUT2D eigenvalue weighted by Crippen LogP contribution is 2.27. The normalized spacial score (nSPS) is 10.7. The van der Waals surface area contributed by atoms with Crippen LogP contribution in [0.4, 0.5) is 0 Å². The van der Waals surface area contributed by atoms with E-state index in [2.05, 4.69) is 24.5 Å². The molecule has 0 saturated carbocycles. The molecule has 1 aromatic rings. The van der Waals surface area contributed by atoms with Crippen molar-refractivity contribution in [2.24, 2.45) is 0 Å². The molecule has 0 saturated heterocycles. The minimum absolute atomic E-state index is 0.521. The SMILES string of the molecule is COc1cccc(OC)c1CNCCNC(C)C. The predicted molar refractivity (Wildman–Crippen MR) is 74.4 cm³/mol. The summed E-state index contributed by atoms with van der Waals surface area (Å²) in [4.78, 5) is 0. The second-order valence-electron chi connectivity index (χ2n) is 4.43. The van der Waals surface area contributed by atoms with Gasteiger partial charge in [-0.15, -0.1) is 0 Å². The summed E-state index contributed by atoms with van der Waals surface area (Å²) in [6, 6.07) is 6.35. The molecule has 18 heavy (non-hydrogen) atoms. The van der Waals surface area contributed by atoms with E-state index >= 15 is 0 Å². The molecular formula is C14H24N2O2. The first-order chi connectivity index (χ1) is 8.69. The molecule has 0 aliphatic heterocycles. The standard InChI is InChI=1S/C14H24N2O2/c1-11(2)16-9-8-15-10-12-13(17-3)6-5-7-14(12)18-4/h5-7,11,15-16H,8-10H2,1-4H3. The van der Waals surface area contributed by atoms with Gasteiger partial charge < -0.3 is 20.1 Å². The van der Waals surface area contributed by atoms with Crippen LogP contribution in [0.5, 0.6) is 11.5 Å². The van der Waals surface area contributed by atoms with Crippen molar-refractivity contribution in [1.29, 1.82) is 0 Å². The fourth-order valence-corrected chi connectivity index (χ4v) is 1.76. The molecule has 102 valence electrons. The fraction of sp³-hybridized carbons (Fsp3) is 0.571. The van der Waals surface area contributed by atoms with E-state index in [4.69, 9.17) is 9.47 Å². The smallest absolute Gasteiger partial charge is 0.127 e. The Morgan fingerprint density at radius 1 is 1.06 bits per heavy atom. The van der Waals surface area contributed by atoms with E-state index in [1.165, 1.54) is 0 Å². The Morgan fingerprint density at radius 2 is 1.67 bits per heavy atom. The summed E-state index contributed by atoms with van der Waals surface area (Å²) in [5, 5.41) is 6.75. The molecule has 4 nitrogen and oxygen atoms in total. The summed E-state index contributed by atoms with van der Waals surface area (Å²) < 4.78 is 10.7. The molecule has 1 rings (SSSR count). The van der Waals surface area contributed by atoms with Crippen molar-refractivity contribution in [2.45, 2.75) is 26.4 Å². The van der Waals surface area contributed by atoms with Crippen LogP contribution in [-0.2, 0) is 6.54 Å². The van der Waals surface area contributed by atoms with E-state index in [9.17, 15) is 0 Å². The highest BCUT2D eigenvalue weighted by atomic mass is 16.5. The summed E-state index contributed by atoms with van der Waals surface area (Å²) >= 11 is 0. The number of nitrogens with one attached hydrogen (secondary N) is 2. The van der Waals surface area contributed by atoms with E-state index in [1.807, 2.05) is 18.2 Å². The molecule has 0 aliphatic rings. The van der Waals surface area contributed by atoms with Gasteiger partial charge >= 0.3 is 0 Å². The molecule has 0 fully saturated rings. The first kappa shape index (κ1) is 14.8. The second-order valence-corrected chi connectivity index (χ2v) is 4.43. The summed E-state index contributed by atoms with van der Waals surface area (Å²) in [5.74, 6) is 1.72. The van der Waals surface area contributed by atoms with Crippen LogP contribution in [0.25, 0.3) is 0 Å². The molecule has 1 aromatic carbocycles. The van der Waals surface area contributed by atoms with Crippen LogP contribution < -0.4 is 20.1 Å². The molecule has 4 heteroatoms. The Hall–Kier alpha value is -1.26. The third-order valence-corrected chi connectivity index (χ3v) is 2.69. The van der Waals surface area contributed by atoms with Crippen molar-refractivity contribution in [3.05, 3.63) is 23.8 Å². The van der Waals surface area contributed by atoms with Crippen molar-refractivity contribution in [1.82, 2.24) is 10.6 Å². The Morgan fingerprint density at radius 3 is 2.17 bits per heavy atom. The average Bonchev–Trinajstić information content (AvgIpc) is 2.37. The number of hydrogen-bond donors (Lipinski definition) is 2. The lowest BCUT2D eigenvalue weighted by molar-refractivity contribution is 0.382. The first-order valence-corrected chi connectivity index (χ1v) is 6.33. The van der Waals surface area contributed by atoms with Crippen LogP contribution in [0.1, 0.15) is 19.4 Å². The minimum Gasteiger partial charge on any atom is -0.496 e. The number of hydrogen-bond acceptors (Lipinski definition) is 4. The Bertz CT molecular complexity index is 331. The number of ether oxygens (including phenoxy) is 2. The van der Waals surface area contributed by atoms with Gasteiger partial charge in [0.05, 0.1) is 14.2 Å². The molecule has 0 bridgehead atoms. The van der Waals surface area contributed by atoms with E-state index < -0.39 is 0 Å². The summed E-state index contributed by atoms with van der Waals surface area (Å²) in [6.45, 7) is 6.90. The molecule has 0 amide bonds. The lowest BCUT2D eigenvalue weighted by Gasteiger charge is -2.14. The van der Waals surface area contributed by atoms with Crippen molar-refractivity contribution in [2.75, 3.05) is 27.3 Å². The zero-order valence-corrected chi connectivity index (χ0v) is 11.7. The van der Waals surface area contributed by atoms with Gasteiger partial charge in [-0.25, -0.2) is 0 Å². The average molecular weight is 252 g/mol. The van der Waals surface area contributed by atoms with Crippen LogP contribution in [0.15, 0.2) is 18.2 Å². The number of methoxy groups -OCH3 is 2. The third kappa shape index (κ3) is 4.55. The monoisotopic (exact) mass is 252 g/mol. The van der Waals surface area contributed by atoms with E-state index in [-0.39, 0.29) is 0 Å². The van der Waals surface area contributed by atoms with Crippen molar-refractivity contribution in [3.8, 4) is 11.5 Å². The molecule has 0 heterocycles. The zero-order chi connectivity index (χ0) is 13.4. The van der Waals surface area contributed by atoms with E-state index in [0.717, 1.165) is 36.7 Å². The highest BCUT2D eigenvalue weighted by molar-refractivity contribution is 5.44. The topological polar surface area (TPSA) is 42.5 Å². The lowest BCUT2D eigenvalue weighted by atomic mass is 10.1. The largest absolute Gasteiger partial charge is 0.496 e. The molecule has 0 radical (unpaired) electrons. The first-order valence-electron chi connectivity index (χ1n) is 6.33. The van der Waals surface area contributed by atoms with Gasteiger partial charge in [-0.2, -0.15) is 0 Å². The molecule has 0 aliphatic carbocycles. The zero-order valence-electron chi connectivity index (χ0n) is 11.7. The quantitative estimate of drug-likeness (QED) is 0.692. The molecule has 0 spiro atoms. The number of rotatable bonds is 8. The fourth-order valence-electron chi connectivity index (χ4n) is 1.76. The van der Waals surface area contributed by atoms with Gasteiger partial charge in [0, 0.05) is 31.2 Å². The minimum atomic E-state index is 0.521. The van der Waals surface area contributed by atoms with Gasteiger partial charge in [0.2, 0.25) is 0 Å². The van der Waals surface area contributed by atoms with Gasteiger partial charge in [0.1, 0.15) is 11.5 Å². The third-order valence-electron chi connectivity index (χ3n) is 2.69. The molecule has 2 N–H and O–H groups in total. The maximum absolute atomic E-state index is 5.35. The van der Waals surface area contributed by atoms with Gasteiger partial charge in [-0.05, 0) is 12.1 Å². The molecule has 0 aromatic heterocycles. The van der Waals surface area contributed by atoms with Crippen molar-refractivity contribution >= 4 is 0 Å². The van der Waals surface area contributed by atoms with Crippen LogP contribution in [-0.4, -0.2) is 33.4 Å². The molecular weight excluding hydrogens is 228 g/mol. The van der Waals surface area contributed by atoms with Gasteiger partial charge in [-0.1, -0.05) is 19.9 Å².